The van der Waals surface area contributed by atoms with E-state index in [-0.39, 0.29) is 12.5 Å². The first-order valence-electron chi connectivity index (χ1n) is 8.19. The van der Waals surface area contributed by atoms with Crippen molar-refractivity contribution in [2.45, 2.75) is 83.3 Å². The van der Waals surface area contributed by atoms with E-state index in [2.05, 4.69) is 18.7 Å². The van der Waals surface area contributed by atoms with Crippen molar-refractivity contribution in [2.24, 2.45) is 0 Å². The Kier molecular flexibility index (Phi) is 5.63. The van der Waals surface area contributed by atoms with Crippen molar-refractivity contribution in [3.8, 4) is 0 Å². The maximum Gasteiger partial charge on any atom is 0.303 e. The summed E-state index contributed by atoms with van der Waals surface area (Å²) in [6.45, 7) is 8.15. The maximum absolute atomic E-state index is 10.6. The summed E-state index contributed by atoms with van der Waals surface area (Å²) in [5, 5.41) is 8.76. The van der Waals surface area contributed by atoms with Crippen LogP contribution in [0.3, 0.4) is 0 Å². The Bertz CT molecular complexity index is 360. The third kappa shape index (κ3) is 4.66. The minimum absolute atomic E-state index is 0.0813. The predicted molar refractivity (Wildman–Crippen MR) is 80.2 cm³/mol. The number of hydrogen-bond donors (Lipinski definition) is 1. The fraction of sp³-hybridized carbons (Fsp3) is 0.938. The lowest BCUT2D eigenvalue weighted by Gasteiger charge is -2.41. The van der Waals surface area contributed by atoms with E-state index in [4.69, 9.17) is 14.6 Å². The fourth-order valence-corrected chi connectivity index (χ4v) is 3.57. The summed E-state index contributed by atoms with van der Waals surface area (Å²) in [5.74, 6) is -1.33. The molecule has 0 aromatic rings. The summed E-state index contributed by atoms with van der Waals surface area (Å²) in [7, 11) is 0. The van der Waals surface area contributed by atoms with Crippen molar-refractivity contribution in [3.05, 3.63) is 0 Å². The van der Waals surface area contributed by atoms with Crippen molar-refractivity contribution >= 4 is 5.97 Å². The van der Waals surface area contributed by atoms with E-state index in [1.807, 2.05) is 6.92 Å². The third-order valence-corrected chi connectivity index (χ3v) is 4.61. The van der Waals surface area contributed by atoms with Gasteiger partial charge in [-0.15, -0.1) is 0 Å². The maximum atomic E-state index is 10.6. The average molecular weight is 299 g/mol. The summed E-state index contributed by atoms with van der Waals surface area (Å²) < 4.78 is 11.9. The minimum atomic E-state index is -0.773. The van der Waals surface area contributed by atoms with E-state index in [0.717, 1.165) is 13.0 Å². The number of carboxylic acid groups (broad SMARTS) is 1. The van der Waals surface area contributed by atoms with Crippen LogP contribution in [0.2, 0.25) is 0 Å². The molecule has 3 unspecified atom stereocenters. The molecule has 0 radical (unpaired) electrons. The Balaban J connectivity index is 1.87. The van der Waals surface area contributed by atoms with Gasteiger partial charge in [-0.25, -0.2) is 0 Å². The Morgan fingerprint density at radius 1 is 1.43 bits per heavy atom. The van der Waals surface area contributed by atoms with Crippen molar-refractivity contribution in [1.29, 1.82) is 0 Å². The quantitative estimate of drug-likeness (QED) is 0.817. The number of ether oxygens (including phenoxy) is 2. The van der Waals surface area contributed by atoms with Gasteiger partial charge in [0.1, 0.15) is 0 Å². The lowest BCUT2D eigenvalue weighted by Crippen LogP contribution is -2.47. The molecule has 5 heteroatoms. The molecule has 0 aromatic heterocycles. The molecule has 0 bridgehead atoms. The molecule has 0 amide bonds. The largest absolute Gasteiger partial charge is 0.481 e. The molecule has 5 nitrogen and oxygen atoms in total. The molecular formula is C16H29NO4. The summed E-state index contributed by atoms with van der Waals surface area (Å²) >= 11 is 0. The van der Waals surface area contributed by atoms with E-state index < -0.39 is 11.8 Å². The fourth-order valence-electron chi connectivity index (χ4n) is 3.57. The monoisotopic (exact) mass is 299 g/mol. The molecule has 2 rings (SSSR count). The number of carboxylic acids is 1. The number of rotatable bonds is 6. The number of likely N-dealkylation sites (tertiary alicyclic amines) is 1. The van der Waals surface area contributed by atoms with Crippen molar-refractivity contribution in [1.82, 2.24) is 4.90 Å². The van der Waals surface area contributed by atoms with E-state index in [9.17, 15) is 4.79 Å². The summed E-state index contributed by atoms with van der Waals surface area (Å²) in [4.78, 5) is 13.2. The second kappa shape index (κ2) is 7.07. The molecule has 122 valence electrons. The predicted octanol–water partition coefficient (Wildman–Crippen LogP) is 2.64. The molecular weight excluding hydrogens is 270 g/mol. The van der Waals surface area contributed by atoms with Crippen molar-refractivity contribution in [2.75, 3.05) is 13.2 Å². The molecule has 3 atom stereocenters. The van der Waals surface area contributed by atoms with Gasteiger partial charge in [0.05, 0.1) is 12.7 Å². The molecule has 0 saturated carbocycles. The molecule has 2 saturated heterocycles. The molecule has 0 spiro atoms. The van der Waals surface area contributed by atoms with Gasteiger partial charge in [-0.05, 0) is 46.6 Å². The molecule has 2 heterocycles. The average Bonchev–Trinajstić information content (AvgIpc) is 2.78. The normalized spacial score (nSPS) is 34.5. The van der Waals surface area contributed by atoms with Gasteiger partial charge in [0.15, 0.2) is 5.79 Å². The first-order chi connectivity index (χ1) is 9.89. The van der Waals surface area contributed by atoms with Gasteiger partial charge in [-0.1, -0.05) is 6.42 Å². The van der Waals surface area contributed by atoms with Gasteiger partial charge in [0, 0.05) is 24.9 Å². The zero-order valence-electron chi connectivity index (χ0n) is 13.5. The van der Waals surface area contributed by atoms with E-state index in [0.29, 0.717) is 25.1 Å². The van der Waals surface area contributed by atoms with Crippen LogP contribution in [-0.4, -0.2) is 53.1 Å². The second-order valence-electron chi connectivity index (χ2n) is 6.80. The van der Waals surface area contributed by atoms with Crippen LogP contribution in [0, 0.1) is 0 Å². The number of aliphatic carboxylic acids is 1. The van der Waals surface area contributed by atoms with E-state index in [1.165, 1.54) is 19.3 Å². The van der Waals surface area contributed by atoms with Crippen LogP contribution in [0.5, 0.6) is 0 Å². The lowest BCUT2D eigenvalue weighted by atomic mass is 9.94. The van der Waals surface area contributed by atoms with Crippen LogP contribution in [0.1, 0.15) is 59.3 Å². The Hall–Kier alpha value is -0.650. The van der Waals surface area contributed by atoms with Gasteiger partial charge in [-0.3, -0.25) is 9.69 Å². The van der Waals surface area contributed by atoms with E-state index >= 15 is 0 Å². The van der Waals surface area contributed by atoms with Crippen LogP contribution in [-0.2, 0) is 14.3 Å². The summed E-state index contributed by atoms with van der Waals surface area (Å²) in [6, 6.07) is 1.05. The Morgan fingerprint density at radius 2 is 2.19 bits per heavy atom. The SMILES string of the molecule is CC(C)N1CCCCC1CC1(C)OCC(CCC(=O)O)O1. The highest BCUT2D eigenvalue weighted by atomic mass is 16.7. The molecule has 2 fully saturated rings. The zero-order chi connectivity index (χ0) is 15.5. The van der Waals surface area contributed by atoms with Crippen LogP contribution in [0.25, 0.3) is 0 Å². The molecule has 2 aliphatic rings. The van der Waals surface area contributed by atoms with Gasteiger partial charge in [0.25, 0.3) is 0 Å². The Labute approximate surface area is 127 Å². The van der Waals surface area contributed by atoms with Crippen LogP contribution in [0.15, 0.2) is 0 Å². The van der Waals surface area contributed by atoms with Gasteiger partial charge in [0.2, 0.25) is 0 Å². The minimum Gasteiger partial charge on any atom is -0.481 e. The number of piperidine rings is 1. The third-order valence-electron chi connectivity index (χ3n) is 4.61. The molecule has 21 heavy (non-hydrogen) atoms. The van der Waals surface area contributed by atoms with Gasteiger partial charge in [-0.2, -0.15) is 0 Å². The van der Waals surface area contributed by atoms with Crippen molar-refractivity contribution in [3.63, 3.8) is 0 Å². The Morgan fingerprint density at radius 3 is 2.86 bits per heavy atom. The highest BCUT2D eigenvalue weighted by Crippen LogP contribution is 2.34. The van der Waals surface area contributed by atoms with Gasteiger partial charge < -0.3 is 14.6 Å². The second-order valence-corrected chi connectivity index (χ2v) is 6.80. The molecule has 2 aliphatic heterocycles. The van der Waals surface area contributed by atoms with Crippen LogP contribution < -0.4 is 0 Å². The number of carbonyl (C=O) groups is 1. The lowest BCUT2D eigenvalue weighted by molar-refractivity contribution is -0.172. The van der Waals surface area contributed by atoms with E-state index in [1.54, 1.807) is 0 Å². The number of nitrogens with zero attached hydrogens (tertiary/aromatic N) is 1. The topological polar surface area (TPSA) is 59.0 Å². The molecule has 0 aromatic carbocycles. The standard InChI is InChI=1S/C16H29NO4/c1-12(2)17-9-5-4-6-13(17)10-16(3)20-11-14(21-16)7-8-15(18)19/h12-14H,4-11H2,1-3H3,(H,18,19). The number of hydrogen-bond acceptors (Lipinski definition) is 4. The zero-order valence-corrected chi connectivity index (χ0v) is 13.5. The summed E-state index contributed by atoms with van der Waals surface area (Å²) in [5.41, 5.74) is 0. The smallest absolute Gasteiger partial charge is 0.303 e. The first kappa shape index (κ1) is 16.7. The highest BCUT2D eigenvalue weighted by molar-refractivity contribution is 5.66. The molecule has 0 aliphatic carbocycles. The van der Waals surface area contributed by atoms with Crippen LogP contribution >= 0.6 is 0 Å². The summed E-state index contributed by atoms with van der Waals surface area (Å²) in [6.07, 6.45) is 5.20. The van der Waals surface area contributed by atoms with Crippen LogP contribution in [0.4, 0.5) is 0 Å². The van der Waals surface area contributed by atoms with Gasteiger partial charge >= 0.3 is 5.97 Å². The molecule has 1 N–H and O–H groups in total. The first-order valence-corrected chi connectivity index (χ1v) is 8.19. The highest BCUT2D eigenvalue weighted by Gasteiger charge is 2.41. The van der Waals surface area contributed by atoms with Crippen molar-refractivity contribution < 1.29 is 19.4 Å².